The van der Waals surface area contributed by atoms with Gasteiger partial charge in [0.15, 0.2) is 0 Å². The normalized spacial score (nSPS) is 23.2. The van der Waals surface area contributed by atoms with E-state index >= 15 is 0 Å². The highest BCUT2D eigenvalue weighted by Gasteiger charge is 2.41. The van der Waals surface area contributed by atoms with Crippen molar-refractivity contribution in [1.29, 1.82) is 0 Å². The number of benzene rings is 1. The van der Waals surface area contributed by atoms with Gasteiger partial charge in [0.1, 0.15) is 5.75 Å². The van der Waals surface area contributed by atoms with E-state index in [9.17, 15) is 0 Å². The molecule has 2 heteroatoms. The second-order valence-corrected chi connectivity index (χ2v) is 5.46. The van der Waals surface area contributed by atoms with Crippen LogP contribution in [0.4, 0.5) is 0 Å². The molecule has 1 saturated heterocycles. The maximum atomic E-state index is 5.75. The molecule has 1 fully saturated rings. The number of epoxide rings is 1. The summed E-state index contributed by atoms with van der Waals surface area (Å²) < 4.78 is 11.5. The van der Waals surface area contributed by atoms with Gasteiger partial charge in [-0.15, -0.1) is 0 Å². The third-order valence-electron chi connectivity index (χ3n) is 3.96. The van der Waals surface area contributed by atoms with E-state index in [2.05, 4.69) is 39.0 Å². The van der Waals surface area contributed by atoms with Gasteiger partial charge in [-0.1, -0.05) is 32.9 Å². The van der Waals surface area contributed by atoms with Gasteiger partial charge in [0, 0.05) is 0 Å². The summed E-state index contributed by atoms with van der Waals surface area (Å²) in [6.45, 7) is 9.44. The summed E-state index contributed by atoms with van der Waals surface area (Å²) in [7, 11) is 0. The first-order valence-electron chi connectivity index (χ1n) is 7.59. The maximum absolute atomic E-state index is 5.75. The topological polar surface area (TPSA) is 21.8 Å². The number of hydrogen-bond acceptors (Lipinski definition) is 2. The lowest BCUT2D eigenvalue weighted by atomic mass is 9.94. The first-order chi connectivity index (χ1) is 9.19. The van der Waals surface area contributed by atoms with Gasteiger partial charge in [-0.05, 0) is 49.3 Å². The highest BCUT2D eigenvalue weighted by Crippen LogP contribution is 2.35. The number of hydrogen-bond donors (Lipinski definition) is 0. The molecule has 1 aromatic carbocycles. The molecule has 0 aliphatic carbocycles. The molecule has 1 aliphatic heterocycles. The Labute approximate surface area is 117 Å². The fourth-order valence-corrected chi connectivity index (χ4v) is 2.76. The predicted octanol–water partition coefficient (Wildman–Crippen LogP) is 4.00. The third kappa shape index (κ3) is 3.50. The summed E-state index contributed by atoms with van der Waals surface area (Å²) in [6, 6.07) is 6.59. The third-order valence-corrected chi connectivity index (χ3v) is 3.96. The number of rotatable bonds is 7. The molecule has 0 saturated carbocycles. The molecular formula is C17H26O2. The molecule has 106 valence electrons. The Bertz CT molecular complexity index is 414. The molecule has 1 aliphatic rings. The van der Waals surface area contributed by atoms with E-state index in [1.165, 1.54) is 11.1 Å². The lowest BCUT2D eigenvalue weighted by molar-refractivity contribution is 0.314. The Kier molecular flexibility index (Phi) is 4.87. The van der Waals surface area contributed by atoms with Gasteiger partial charge in [0.25, 0.3) is 0 Å². The molecule has 3 atom stereocenters. The van der Waals surface area contributed by atoms with Crippen LogP contribution in [0.2, 0.25) is 0 Å². The molecule has 2 rings (SSSR count). The molecule has 1 aromatic rings. The molecule has 0 bridgehead atoms. The van der Waals surface area contributed by atoms with E-state index in [-0.39, 0.29) is 0 Å². The van der Waals surface area contributed by atoms with Crippen molar-refractivity contribution in [3.05, 3.63) is 29.3 Å². The number of aryl methyl sites for hydroxylation is 1. The molecule has 0 radical (unpaired) electrons. The van der Waals surface area contributed by atoms with Gasteiger partial charge in [-0.25, -0.2) is 0 Å². The van der Waals surface area contributed by atoms with Crippen LogP contribution in [-0.2, 0) is 17.6 Å². The van der Waals surface area contributed by atoms with Gasteiger partial charge in [-0.2, -0.15) is 0 Å². The van der Waals surface area contributed by atoms with Crippen molar-refractivity contribution in [2.24, 2.45) is 5.92 Å². The Balaban J connectivity index is 2.08. The molecule has 3 unspecified atom stereocenters. The quantitative estimate of drug-likeness (QED) is 0.693. The fraction of sp³-hybridized carbons (Fsp3) is 0.647. The van der Waals surface area contributed by atoms with Crippen molar-refractivity contribution < 1.29 is 9.47 Å². The van der Waals surface area contributed by atoms with E-state index in [1.54, 1.807) is 0 Å². The van der Waals surface area contributed by atoms with Crippen LogP contribution in [0.5, 0.6) is 5.75 Å². The van der Waals surface area contributed by atoms with Crippen LogP contribution < -0.4 is 4.74 Å². The molecule has 2 nitrogen and oxygen atoms in total. The fourth-order valence-electron chi connectivity index (χ4n) is 2.76. The zero-order valence-electron chi connectivity index (χ0n) is 12.6. The van der Waals surface area contributed by atoms with Crippen molar-refractivity contribution in [3.63, 3.8) is 0 Å². The average molecular weight is 262 g/mol. The largest absolute Gasteiger partial charge is 0.494 e. The Morgan fingerprint density at radius 3 is 2.63 bits per heavy atom. The minimum absolute atomic E-state index is 0.449. The lowest BCUT2D eigenvalue weighted by Crippen LogP contribution is -2.11. The minimum Gasteiger partial charge on any atom is -0.494 e. The molecule has 0 N–H and O–H groups in total. The smallest absolute Gasteiger partial charge is 0.122 e. The van der Waals surface area contributed by atoms with E-state index in [0.717, 1.165) is 31.6 Å². The van der Waals surface area contributed by atoms with E-state index in [1.807, 2.05) is 6.92 Å². The SMILES string of the molecule is CCOc1ccc(CC)cc1CC(C)C1OC1CC. The molecule has 0 spiro atoms. The Morgan fingerprint density at radius 1 is 1.26 bits per heavy atom. The molecule has 0 amide bonds. The molecule has 1 heterocycles. The van der Waals surface area contributed by atoms with Gasteiger partial charge < -0.3 is 9.47 Å². The second kappa shape index (κ2) is 6.42. The second-order valence-electron chi connectivity index (χ2n) is 5.46. The highest BCUT2D eigenvalue weighted by molar-refractivity contribution is 5.38. The van der Waals surface area contributed by atoms with Crippen molar-refractivity contribution in [1.82, 2.24) is 0 Å². The summed E-state index contributed by atoms with van der Waals surface area (Å²) in [5, 5.41) is 0. The zero-order valence-corrected chi connectivity index (χ0v) is 12.6. The van der Waals surface area contributed by atoms with E-state index in [4.69, 9.17) is 9.47 Å². The van der Waals surface area contributed by atoms with Gasteiger partial charge >= 0.3 is 0 Å². The van der Waals surface area contributed by atoms with Crippen LogP contribution in [-0.4, -0.2) is 18.8 Å². The van der Waals surface area contributed by atoms with Crippen molar-refractivity contribution in [2.45, 2.75) is 59.2 Å². The van der Waals surface area contributed by atoms with Crippen LogP contribution in [0.25, 0.3) is 0 Å². The monoisotopic (exact) mass is 262 g/mol. The van der Waals surface area contributed by atoms with Gasteiger partial charge in [-0.3, -0.25) is 0 Å². The van der Waals surface area contributed by atoms with Crippen LogP contribution in [0.3, 0.4) is 0 Å². The highest BCUT2D eigenvalue weighted by atomic mass is 16.6. The van der Waals surface area contributed by atoms with Crippen LogP contribution in [0.1, 0.15) is 45.2 Å². The Hall–Kier alpha value is -1.02. The van der Waals surface area contributed by atoms with Crippen molar-refractivity contribution in [3.8, 4) is 5.75 Å². The standard InChI is InChI=1S/C17H26O2/c1-5-13-8-9-16(18-7-3)14(11-13)10-12(4)17-15(6-2)19-17/h8-9,11-12,15,17H,5-7,10H2,1-4H3. The first-order valence-corrected chi connectivity index (χ1v) is 7.59. The molecular weight excluding hydrogens is 236 g/mol. The number of ether oxygens (including phenoxy) is 2. The summed E-state index contributed by atoms with van der Waals surface area (Å²) in [6.07, 6.45) is 4.18. The van der Waals surface area contributed by atoms with E-state index < -0.39 is 0 Å². The van der Waals surface area contributed by atoms with Crippen LogP contribution in [0.15, 0.2) is 18.2 Å². The summed E-state index contributed by atoms with van der Waals surface area (Å²) in [5.74, 6) is 1.61. The summed E-state index contributed by atoms with van der Waals surface area (Å²) in [4.78, 5) is 0. The maximum Gasteiger partial charge on any atom is 0.122 e. The minimum atomic E-state index is 0.449. The molecule has 19 heavy (non-hydrogen) atoms. The molecule has 0 aromatic heterocycles. The average Bonchev–Trinajstić information content (AvgIpc) is 3.20. The van der Waals surface area contributed by atoms with Crippen molar-refractivity contribution >= 4 is 0 Å². The lowest BCUT2D eigenvalue weighted by Gasteiger charge is -2.15. The predicted molar refractivity (Wildman–Crippen MR) is 78.8 cm³/mol. The van der Waals surface area contributed by atoms with E-state index in [0.29, 0.717) is 18.1 Å². The van der Waals surface area contributed by atoms with Gasteiger partial charge in [0.05, 0.1) is 18.8 Å². The van der Waals surface area contributed by atoms with Crippen molar-refractivity contribution in [2.75, 3.05) is 6.61 Å². The summed E-state index contributed by atoms with van der Waals surface area (Å²) in [5.41, 5.74) is 2.72. The Morgan fingerprint density at radius 2 is 2.05 bits per heavy atom. The zero-order chi connectivity index (χ0) is 13.8. The first kappa shape index (κ1) is 14.4. The summed E-state index contributed by atoms with van der Waals surface area (Å²) >= 11 is 0. The van der Waals surface area contributed by atoms with Crippen LogP contribution >= 0.6 is 0 Å². The van der Waals surface area contributed by atoms with Gasteiger partial charge in [0.2, 0.25) is 0 Å². The van der Waals surface area contributed by atoms with Crippen LogP contribution in [0, 0.1) is 5.92 Å².